The summed E-state index contributed by atoms with van der Waals surface area (Å²) in [7, 11) is 0. The van der Waals surface area contributed by atoms with Gasteiger partial charge in [-0.05, 0) is 203 Å². The Labute approximate surface area is 573 Å². The average Bonchev–Trinajstić information content (AvgIpc) is 1.59. The summed E-state index contributed by atoms with van der Waals surface area (Å²) < 4.78 is 0. The normalized spacial score (nSPS) is 16.8. The van der Waals surface area contributed by atoms with E-state index in [2.05, 4.69) is 361 Å². The molecule has 0 heterocycles. The maximum absolute atomic E-state index is 2.55. The van der Waals surface area contributed by atoms with Crippen LogP contribution in [0, 0.1) is 0 Å². The molecule has 0 radical (unpaired) electrons. The number of fused-ring (bicyclic) bond motifs is 18. The molecule has 0 spiro atoms. The molecule has 1 heteroatoms. The van der Waals surface area contributed by atoms with Gasteiger partial charge in [-0.25, -0.2) is 0 Å². The van der Waals surface area contributed by atoms with Gasteiger partial charge in [0.05, 0.1) is 0 Å². The smallest absolute Gasteiger partial charge is 0.0465 e. The summed E-state index contributed by atoms with van der Waals surface area (Å²) in [4.78, 5) is 2.55. The Morgan fingerprint density at radius 1 is 0.175 bits per heavy atom. The van der Waals surface area contributed by atoms with Crippen molar-refractivity contribution in [1.82, 2.24) is 0 Å². The Bertz CT molecular complexity index is 4980. The predicted molar refractivity (Wildman–Crippen MR) is 413 cm³/mol. The third kappa shape index (κ3) is 8.69. The molecule has 0 aliphatic heterocycles. The van der Waals surface area contributed by atoms with Crippen LogP contribution in [-0.4, -0.2) is 0 Å². The van der Waals surface area contributed by atoms with E-state index in [1.165, 1.54) is 167 Å². The number of hydrogen-bond donors (Lipinski definition) is 0. The zero-order chi connectivity index (χ0) is 66.4. The molecule has 0 N–H and O–H groups in total. The van der Waals surface area contributed by atoms with Gasteiger partial charge in [0.1, 0.15) is 0 Å². The summed E-state index contributed by atoms with van der Waals surface area (Å²) in [5.41, 5.74) is 42.4. The van der Waals surface area contributed by atoms with Crippen molar-refractivity contribution in [1.29, 1.82) is 0 Å². The highest BCUT2D eigenvalue weighted by molar-refractivity contribution is 5.93. The molecule has 1 nitrogen and oxygen atoms in total. The molecule has 6 aliphatic rings. The Morgan fingerprint density at radius 3 is 0.557 bits per heavy atom. The largest absolute Gasteiger partial charge is 0.310 e. The van der Waals surface area contributed by atoms with E-state index in [1.807, 2.05) is 0 Å². The number of benzene rings is 12. The molecule has 12 aromatic rings. The first-order chi connectivity index (χ1) is 46.6. The molecule has 0 unspecified atom stereocenters. The van der Waals surface area contributed by atoms with Gasteiger partial charge in [-0.15, -0.1) is 0 Å². The average molecular weight is 1250 g/mol. The fourth-order valence-corrected chi connectivity index (χ4v) is 18.5. The minimum absolute atomic E-state index is 0.0424. The highest BCUT2D eigenvalue weighted by atomic mass is 15.1. The second-order valence-corrected chi connectivity index (χ2v) is 31.7. The summed E-state index contributed by atoms with van der Waals surface area (Å²) in [5, 5.41) is 0. The molecule has 0 fully saturated rings. The SMILES string of the molecule is CC1(C)c2ccccc2-c2ccc(C=Cc3ccc4c(c3)C(C)(C)c3cc(N(c5ccc6c(c5)C(C)(C)c5cc(C=Cc7ccc8c(c7)C(C)(C)c7ccccc7-8)ccc5-6)c5ccc6c(c5)C(C)(C)c5cc(C=Cc7ccc8c(c7)C(C)(C)c7ccccc7-8)ccc5-6)ccc3-4)cc21. The second kappa shape index (κ2) is 20.6. The van der Waals surface area contributed by atoms with Crippen molar-refractivity contribution >= 4 is 53.5 Å². The molecular formula is C96H81N. The fraction of sp³-hybridized carbons (Fsp3) is 0.188. The van der Waals surface area contributed by atoms with Crippen molar-refractivity contribution in [3.63, 3.8) is 0 Å². The lowest BCUT2D eigenvalue weighted by Crippen LogP contribution is -2.19. The zero-order valence-corrected chi connectivity index (χ0v) is 57.9. The van der Waals surface area contributed by atoms with Crippen molar-refractivity contribution in [3.8, 4) is 66.8 Å². The minimum atomic E-state index is -0.257. The molecule has 0 saturated carbocycles. The lowest BCUT2D eigenvalue weighted by molar-refractivity contribution is 0.659. The molecule has 18 rings (SSSR count). The first kappa shape index (κ1) is 59.2. The maximum atomic E-state index is 2.55. The highest BCUT2D eigenvalue weighted by Crippen LogP contribution is 2.58. The minimum Gasteiger partial charge on any atom is -0.310 e. The molecule has 6 aliphatic carbocycles. The van der Waals surface area contributed by atoms with Crippen molar-refractivity contribution in [2.24, 2.45) is 0 Å². The third-order valence-electron chi connectivity index (χ3n) is 24.1. The van der Waals surface area contributed by atoms with Crippen LogP contribution in [0.2, 0.25) is 0 Å². The molecule has 0 amide bonds. The number of anilines is 3. The summed E-state index contributed by atoms with van der Waals surface area (Å²) >= 11 is 0. The first-order valence-electron chi connectivity index (χ1n) is 35.0. The van der Waals surface area contributed by atoms with Gasteiger partial charge in [0, 0.05) is 49.6 Å². The van der Waals surface area contributed by atoms with Crippen molar-refractivity contribution in [3.05, 3.63) is 337 Å². The maximum Gasteiger partial charge on any atom is 0.0465 e. The van der Waals surface area contributed by atoms with E-state index in [9.17, 15) is 0 Å². The summed E-state index contributed by atoms with van der Waals surface area (Å²) in [6.07, 6.45) is 13.8. The van der Waals surface area contributed by atoms with E-state index in [4.69, 9.17) is 0 Å². The molecule has 12 aromatic carbocycles. The van der Waals surface area contributed by atoms with Crippen LogP contribution in [0.1, 0.15) is 183 Å². The monoisotopic (exact) mass is 1250 g/mol. The highest BCUT2D eigenvalue weighted by Gasteiger charge is 2.42. The van der Waals surface area contributed by atoms with Crippen molar-refractivity contribution in [2.45, 2.75) is 116 Å². The van der Waals surface area contributed by atoms with Gasteiger partial charge in [0.2, 0.25) is 0 Å². The van der Waals surface area contributed by atoms with E-state index in [0.717, 1.165) is 17.1 Å². The number of nitrogens with zero attached hydrogens (tertiary/aromatic N) is 1. The molecular weight excluding hydrogens is 1170 g/mol. The third-order valence-corrected chi connectivity index (χ3v) is 24.1. The van der Waals surface area contributed by atoms with Gasteiger partial charge in [-0.2, -0.15) is 0 Å². The Hall–Kier alpha value is -10.3. The van der Waals surface area contributed by atoms with Crippen LogP contribution < -0.4 is 4.90 Å². The van der Waals surface area contributed by atoms with Crippen LogP contribution in [0.25, 0.3) is 103 Å². The van der Waals surface area contributed by atoms with Crippen molar-refractivity contribution in [2.75, 3.05) is 4.90 Å². The molecule has 97 heavy (non-hydrogen) atoms. The Kier molecular flexibility index (Phi) is 12.6. The van der Waals surface area contributed by atoms with E-state index in [-0.39, 0.29) is 32.5 Å². The summed E-state index contributed by atoms with van der Waals surface area (Å²) in [6, 6.07) is 91.0. The quantitative estimate of drug-likeness (QED) is 0.130. The number of hydrogen-bond acceptors (Lipinski definition) is 1. The predicted octanol–water partition coefficient (Wildman–Crippen LogP) is 25.5. The summed E-state index contributed by atoms with van der Waals surface area (Å²) in [6.45, 7) is 28.7. The molecule has 0 atom stereocenters. The molecule has 0 saturated heterocycles. The van der Waals surface area contributed by atoms with Crippen LogP contribution in [0.15, 0.2) is 237 Å². The van der Waals surface area contributed by atoms with Crippen LogP contribution in [0.5, 0.6) is 0 Å². The summed E-state index contributed by atoms with van der Waals surface area (Å²) in [5.74, 6) is 0. The molecule has 0 aromatic heterocycles. The van der Waals surface area contributed by atoms with Gasteiger partial charge in [-0.3, -0.25) is 0 Å². The Morgan fingerprint density at radius 2 is 0.340 bits per heavy atom. The van der Waals surface area contributed by atoms with Gasteiger partial charge in [0.25, 0.3) is 0 Å². The van der Waals surface area contributed by atoms with Crippen LogP contribution >= 0.6 is 0 Å². The van der Waals surface area contributed by atoms with Crippen molar-refractivity contribution < 1.29 is 0 Å². The van der Waals surface area contributed by atoms with Gasteiger partial charge < -0.3 is 4.90 Å². The van der Waals surface area contributed by atoms with E-state index < -0.39 is 0 Å². The topological polar surface area (TPSA) is 3.24 Å². The van der Waals surface area contributed by atoms with E-state index in [0.29, 0.717) is 0 Å². The standard InChI is InChI=1S/C96H81N/c1-91(2)79-22-16-13-19-67(79)70-40-31-58(49-82(70)91)25-28-61-34-43-73-76-46-37-64(55-88(76)94(7,8)85(73)52-61)97(65-38-47-77-74-44-35-62(53-86(74)95(9,10)89(77)56-65)29-26-59-32-41-71-68-20-14-17-23-80(68)92(3,4)83(71)50-59)66-39-48-78-75-45-36-63(54-87(75)96(11,12)90(78)57-66)30-27-60-33-42-72-69-21-15-18-24-81(69)93(5,6)84(72)51-60/h13-57H,1-12H3. The Balaban J connectivity index is 0.688. The van der Waals surface area contributed by atoms with E-state index >= 15 is 0 Å². The zero-order valence-electron chi connectivity index (χ0n) is 57.9. The lowest BCUT2D eigenvalue weighted by Gasteiger charge is -2.31. The van der Waals surface area contributed by atoms with Gasteiger partial charge in [0.15, 0.2) is 0 Å². The van der Waals surface area contributed by atoms with Gasteiger partial charge in [-0.1, -0.05) is 320 Å². The van der Waals surface area contributed by atoms with Gasteiger partial charge >= 0.3 is 0 Å². The molecule has 470 valence electrons. The second-order valence-electron chi connectivity index (χ2n) is 31.7. The van der Waals surface area contributed by atoms with E-state index in [1.54, 1.807) is 0 Å². The van der Waals surface area contributed by atoms with Crippen LogP contribution in [0.3, 0.4) is 0 Å². The first-order valence-corrected chi connectivity index (χ1v) is 35.0. The lowest BCUT2D eigenvalue weighted by atomic mass is 9.81. The number of rotatable bonds is 9. The molecule has 0 bridgehead atoms. The fourth-order valence-electron chi connectivity index (χ4n) is 18.5. The van der Waals surface area contributed by atoms with Crippen LogP contribution in [-0.2, 0) is 32.5 Å². The van der Waals surface area contributed by atoms with Crippen LogP contribution in [0.4, 0.5) is 17.1 Å².